The van der Waals surface area contributed by atoms with E-state index in [-0.39, 0.29) is 16.8 Å². The van der Waals surface area contributed by atoms with E-state index in [2.05, 4.69) is 38.2 Å². The van der Waals surface area contributed by atoms with Gasteiger partial charge in [-0.1, -0.05) is 73.7 Å². The second-order valence-corrected chi connectivity index (χ2v) is 10.3. The topological polar surface area (TPSA) is 54.3 Å². The second-order valence-electron chi connectivity index (χ2n) is 9.32. The van der Waals surface area contributed by atoms with Crippen LogP contribution in [-0.2, 0) is 0 Å². The first kappa shape index (κ1) is 23.0. The van der Waals surface area contributed by atoms with Crippen LogP contribution in [-0.4, -0.2) is 42.4 Å². The van der Waals surface area contributed by atoms with Gasteiger partial charge in [-0.15, -0.1) is 0 Å². The van der Waals surface area contributed by atoms with Gasteiger partial charge in [0.25, 0.3) is 5.56 Å². The number of pyridine rings is 1. The molecule has 170 valence electrons. The average molecular weight is 460 g/mol. The fraction of sp³-hybridized carbons (Fsp3) is 0.259. The monoisotopic (exact) mass is 459 g/mol. The van der Waals surface area contributed by atoms with Crippen molar-refractivity contribution in [2.24, 2.45) is 5.41 Å². The summed E-state index contributed by atoms with van der Waals surface area (Å²) in [4.78, 5) is 29.5. The summed E-state index contributed by atoms with van der Waals surface area (Å²) in [6.45, 7) is 6.00. The predicted octanol–water partition coefficient (Wildman–Crippen LogP) is 5.28. The fourth-order valence-electron chi connectivity index (χ4n) is 4.22. The van der Waals surface area contributed by atoms with E-state index in [0.717, 1.165) is 27.4 Å². The van der Waals surface area contributed by atoms with E-state index in [1.54, 1.807) is 16.7 Å². The average Bonchev–Trinajstić information content (AvgIpc) is 3.16. The molecule has 2 heterocycles. The van der Waals surface area contributed by atoms with E-state index in [0.29, 0.717) is 17.7 Å². The number of hydrogen-bond acceptors (Lipinski definition) is 5. The van der Waals surface area contributed by atoms with Crippen molar-refractivity contribution in [2.75, 3.05) is 32.5 Å². The van der Waals surface area contributed by atoms with E-state index in [1.807, 2.05) is 60.7 Å². The quantitative estimate of drug-likeness (QED) is 0.364. The highest BCUT2D eigenvalue weighted by Crippen LogP contribution is 2.38. The number of nitrogens with zero attached hydrogens (tertiary/aromatic N) is 2. The zero-order valence-electron chi connectivity index (χ0n) is 19.5. The number of carbonyl (C=O) groups is 1. The van der Waals surface area contributed by atoms with Gasteiger partial charge in [-0.3, -0.25) is 14.2 Å². The minimum atomic E-state index is -0.117. The molecule has 2 aromatic carbocycles. The molecular formula is C27H29N3O2S. The van der Waals surface area contributed by atoms with Crippen LogP contribution < -0.4 is 10.9 Å². The molecular weight excluding hydrogens is 430 g/mol. The van der Waals surface area contributed by atoms with Gasteiger partial charge in [0.15, 0.2) is 5.78 Å². The minimum absolute atomic E-state index is 0.00810. The van der Waals surface area contributed by atoms with Crippen LogP contribution in [0.25, 0.3) is 15.9 Å². The van der Waals surface area contributed by atoms with Gasteiger partial charge in [0.05, 0.1) is 11.3 Å². The molecule has 0 saturated carbocycles. The van der Waals surface area contributed by atoms with Gasteiger partial charge in [-0.2, -0.15) is 0 Å². The van der Waals surface area contributed by atoms with Crippen LogP contribution in [0.4, 0.5) is 5.00 Å². The highest BCUT2D eigenvalue weighted by molar-refractivity contribution is 7.23. The third kappa shape index (κ3) is 4.92. The van der Waals surface area contributed by atoms with Gasteiger partial charge in [0.1, 0.15) is 9.83 Å². The molecule has 4 rings (SSSR count). The highest BCUT2D eigenvalue weighted by Gasteiger charge is 2.25. The van der Waals surface area contributed by atoms with E-state index in [9.17, 15) is 9.59 Å². The van der Waals surface area contributed by atoms with E-state index < -0.39 is 0 Å². The molecule has 0 unspecified atom stereocenters. The number of ketones is 1. The summed E-state index contributed by atoms with van der Waals surface area (Å²) in [6.07, 6.45) is 0. The Kier molecular flexibility index (Phi) is 6.49. The van der Waals surface area contributed by atoms with Crippen molar-refractivity contribution < 1.29 is 4.79 Å². The number of hydrogen-bond donors (Lipinski definition) is 1. The van der Waals surface area contributed by atoms with Crippen molar-refractivity contribution in [1.29, 1.82) is 0 Å². The Morgan fingerprint density at radius 1 is 0.970 bits per heavy atom. The maximum Gasteiger partial charge on any atom is 0.256 e. The Morgan fingerprint density at radius 3 is 2.24 bits per heavy atom. The number of para-hydroxylation sites is 1. The number of thiophene rings is 1. The van der Waals surface area contributed by atoms with E-state index in [4.69, 9.17) is 0 Å². The maximum atomic E-state index is 13.6. The number of fused-ring (bicyclic) bond motifs is 1. The lowest BCUT2D eigenvalue weighted by molar-refractivity contribution is 0.104. The van der Waals surface area contributed by atoms with Gasteiger partial charge in [0, 0.05) is 30.1 Å². The fourth-order valence-corrected chi connectivity index (χ4v) is 5.43. The predicted molar refractivity (Wildman–Crippen MR) is 138 cm³/mol. The second kappa shape index (κ2) is 9.33. The smallest absolute Gasteiger partial charge is 0.256 e. The summed E-state index contributed by atoms with van der Waals surface area (Å²) >= 11 is 1.46. The molecule has 0 saturated heterocycles. The first-order chi connectivity index (χ1) is 15.8. The molecule has 0 aliphatic rings. The number of nitrogens with one attached hydrogen (secondary N) is 1. The zero-order valence-corrected chi connectivity index (χ0v) is 20.3. The SMILES string of the molecule is CN(C)CC(C)(C)CNc1sc2c(ccc(=O)n2-c2ccccc2)c1C(=O)c1ccccc1. The Hall–Kier alpha value is -3.22. The Morgan fingerprint density at radius 2 is 1.61 bits per heavy atom. The molecule has 1 N–H and O–H groups in total. The highest BCUT2D eigenvalue weighted by atomic mass is 32.1. The molecule has 0 spiro atoms. The van der Waals surface area contributed by atoms with Gasteiger partial charge in [-0.25, -0.2) is 0 Å². The summed E-state index contributed by atoms with van der Waals surface area (Å²) in [6, 6.07) is 22.2. The summed E-state index contributed by atoms with van der Waals surface area (Å²) in [5.74, 6) is -0.0481. The van der Waals surface area contributed by atoms with Crippen molar-refractivity contribution in [1.82, 2.24) is 9.47 Å². The molecule has 0 aliphatic heterocycles. The molecule has 0 aliphatic carbocycles. The molecule has 0 amide bonds. The molecule has 0 bridgehead atoms. The van der Waals surface area contributed by atoms with Gasteiger partial charge in [0.2, 0.25) is 0 Å². The van der Waals surface area contributed by atoms with Gasteiger partial charge < -0.3 is 10.2 Å². The molecule has 0 radical (unpaired) electrons. The summed E-state index contributed by atoms with van der Waals surface area (Å²) in [7, 11) is 4.12. The van der Waals surface area contributed by atoms with Gasteiger partial charge in [-0.05, 0) is 37.7 Å². The molecule has 0 fully saturated rings. The number of anilines is 1. The van der Waals surface area contributed by atoms with Crippen molar-refractivity contribution in [3.05, 3.63) is 94.3 Å². The normalized spacial score (nSPS) is 11.8. The van der Waals surface area contributed by atoms with Crippen LogP contribution in [0.5, 0.6) is 0 Å². The van der Waals surface area contributed by atoms with E-state index in [1.165, 1.54) is 11.3 Å². The summed E-state index contributed by atoms with van der Waals surface area (Å²) in [5, 5.41) is 5.13. The number of benzene rings is 2. The lowest BCUT2D eigenvalue weighted by atomic mass is 9.93. The summed E-state index contributed by atoms with van der Waals surface area (Å²) < 4.78 is 1.69. The van der Waals surface area contributed by atoms with Crippen LogP contribution in [0.2, 0.25) is 0 Å². The molecule has 5 nitrogen and oxygen atoms in total. The van der Waals surface area contributed by atoms with Crippen LogP contribution in [0.1, 0.15) is 29.8 Å². The van der Waals surface area contributed by atoms with Crippen LogP contribution in [0.15, 0.2) is 77.6 Å². The number of carbonyl (C=O) groups excluding carboxylic acids is 1. The van der Waals surface area contributed by atoms with Crippen LogP contribution in [0.3, 0.4) is 0 Å². The molecule has 6 heteroatoms. The third-order valence-corrected chi connectivity index (χ3v) is 6.64. The zero-order chi connectivity index (χ0) is 23.6. The first-order valence-corrected chi connectivity index (χ1v) is 11.8. The van der Waals surface area contributed by atoms with Gasteiger partial charge >= 0.3 is 0 Å². The Balaban J connectivity index is 1.88. The van der Waals surface area contributed by atoms with Crippen molar-refractivity contribution in [2.45, 2.75) is 13.8 Å². The third-order valence-electron chi connectivity index (χ3n) is 5.49. The van der Waals surface area contributed by atoms with Crippen molar-refractivity contribution in [3.63, 3.8) is 0 Å². The molecule has 33 heavy (non-hydrogen) atoms. The maximum absolute atomic E-state index is 13.6. The van der Waals surface area contributed by atoms with Crippen LogP contribution in [0, 0.1) is 5.41 Å². The molecule has 2 aromatic heterocycles. The van der Waals surface area contributed by atoms with Crippen molar-refractivity contribution in [3.8, 4) is 5.69 Å². The number of aromatic nitrogens is 1. The lowest BCUT2D eigenvalue weighted by Gasteiger charge is -2.28. The summed E-state index contributed by atoms with van der Waals surface area (Å²) in [5.41, 5.74) is 1.91. The molecule has 0 atom stereocenters. The number of rotatable bonds is 8. The molecule has 4 aromatic rings. The minimum Gasteiger partial charge on any atom is -0.376 e. The first-order valence-electron chi connectivity index (χ1n) is 11.0. The Bertz CT molecular complexity index is 1320. The largest absolute Gasteiger partial charge is 0.376 e. The Labute approximate surface area is 198 Å². The van der Waals surface area contributed by atoms with E-state index >= 15 is 0 Å². The van der Waals surface area contributed by atoms with Crippen LogP contribution >= 0.6 is 11.3 Å². The lowest BCUT2D eigenvalue weighted by Crippen LogP contribution is -2.34. The standard InChI is InChI=1S/C27H29N3O2S/c1-27(2,18-29(3)4)17-28-25-23(24(32)19-11-7-5-8-12-19)21-15-16-22(31)30(26(21)33-25)20-13-9-6-10-14-20/h5-16,28H,17-18H2,1-4H3. The van der Waals surface area contributed by atoms with Crippen molar-refractivity contribution >= 4 is 32.3 Å².